The third-order valence-corrected chi connectivity index (χ3v) is 4.47. The monoisotopic (exact) mass is 284 g/mol. The van der Waals surface area contributed by atoms with Crippen LogP contribution in [0.1, 0.15) is 39.0 Å². The third-order valence-electron chi connectivity index (χ3n) is 4.47. The molecule has 0 saturated carbocycles. The first kappa shape index (κ1) is 15.7. The van der Waals surface area contributed by atoms with Crippen molar-refractivity contribution in [3.63, 3.8) is 0 Å². The minimum absolute atomic E-state index is 0.180. The minimum atomic E-state index is 0.180. The Labute approximate surface area is 121 Å². The van der Waals surface area contributed by atoms with Crippen LogP contribution >= 0.6 is 0 Å². The van der Waals surface area contributed by atoms with Crippen LogP contribution in [0, 0.1) is 5.92 Å². The lowest BCUT2D eigenvalue weighted by Gasteiger charge is -2.39. The largest absolute Gasteiger partial charge is 0.378 e. The lowest BCUT2D eigenvalue weighted by Crippen LogP contribution is -2.51. The van der Waals surface area contributed by atoms with Gasteiger partial charge in [-0.3, -0.25) is 4.79 Å². The maximum atomic E-state index is 12.3. The molecule has 20 heavy (non-hydrogen) atoms. The van der Waals surface area contributed by atoms with Gasteiger partial charge in [0.2, 0.25) is 5.91 Å². The molecule has 2 aliphatic rings. The van der Waals surface area contributed by atoms with Gasteiger partial charge in [-0.05, 0) is 31.6 Å². The number of rotatable bonds is 6. The molecule has 0 aliphatic carbocycles. The predicted octanol–water partition coefficient (Wildman–Crippen LogP) is 1.16. The summed E-state index contributed by atoms with van der Waals surface area (Å²) in [6.45, 7) is 5.53. The van der Waals surface area contributed by atoms with Gasteiger partial charge in [-0.2, -0.15) is 0 Å². The first-order valence-electron chi connectivity index (χ1n) is 7.91. The molecule has 2 N–H and O–H groups in total. The van der Waals surface area contributed by atoms with E-state index in [1.54, 1.807) is 0 Å². The first-order chi connectivity index (χ1) is 9.72. The van der Waals surface area contributed by atoms with Crippen LogP contribution in [-0.2, 0) is 14.3 Å². The molecule has 3 unspecified atom stereocenters. The van der Waals surface area contributed by atoms with Gasteiger partial charge in [0.25, 0.3) is 0 Å². The van der Waals surface area contributed by atoms with E-state index in [1.807, 2.05) is 4.90 Å². The van der Waals surface area contributed by atoms with Crippen LogP contribution in [0.2, 0.25) is 0 Å². The molecule has 1 amide bonds. The van der Waals surface area contributed by atoms with Crippen molar-refractivity contribution < 1.29 is 14.3 Å². The van der Waals surface area contributed by atoms with E-state index in [4.69, 9.17) is 15.2 Å². The Balaban J connectivity index is 1.67. The molecule has 0 spiro atoms. The summed E-state index contributed by atoms with van der Waals surface area (Å²) in [6, 6.07) is 0.203. The van der Waals surface area contributed by atoms with Gasteiger partial charge in [-0.25, -0.2) is 0 Å². The summed E-state index contributed by atoms with van der Waals surface area (Å²) in [5, 5.41) is 0. The number of amides is 1. The van der Waals surface area contributed by atoms with E-state index in [1.165, 1.54) is 6.42 Å². The van der Waals surface area contributed by atoms with E-state index < -0.39 is 0 Å². The Bertz CT molecular complexity index is 305. The molecule has 2 aliphatic heterocycles. The van der Waals surface area contributed by atoms with Gasteiger partial charge in [0.1, 0.15) is 0 Å². The molecule has 3 atom stereocenters. The molecule has 0 aromatic rings. The minimum Gasteiger partial charge on any atom is -0.378 e. The second-order valence-electron chi connectivity index (χ2n) is 5.97. The van der Waals surface area contributed by atoms with Gasteiger partial charge in [-0.15, -0.1) is 0 Å². The molecule has 2 saturated heterocycles. The smallest absolute Gasteiger partial charge is 0.225 e. The van der Waals surface area contributed by atoms with Crippen LogP contribution in [0.5, 0.6) is 0 Å². The van der Waals surface area contributed by atoms with Crippen molar-refractivity contribution in [2.45, 2.75) is 51.2 Å². The summed E-state index contributed by atoms with van der Waals surface area (Å²) in [6.07, 6.45) is 5.14. The summed E-state index contributed by atoms with van der Waals surface area (Å²) in [7, 11) is 0. The fourth-order valence-corrected chi connectivity index (χ4v) is 3.21. The van der Waals surface area contributed by atoms with Crippen molar-refractivity contribution in [1.29, 1.82) is 0 Å². The van der Waals surface area contributed by atoms with Crippen molar-refractivity contribution in [3.05, 3.63) is 0 Å². The molecule has 116 valence electrons. The lowest BCUT2D eigenvalue weighted by molar-refractivity contribution is -0.137. The van der Waals surface area contributed by atoms with E-state index in [-0.39, 0.29) is 18.1 Å². The Hall–Kier alpha value is -0.650. The maximum Gasteiger partial charge on any atom is 0.225 e. The van der Waals surface area contributed by atoms with E-state index in [9.17, 15) is 4.79 Å². The lowest BCUT2D eigenvalue weighted by atomic mass is 9.90. The summed E-state index contributed by atoms with van der Waals surface area (Å²) in [4.78, 5) is 14.2. The van der Waals surface area contributed by atoms with Crippen molar-refractivity contribution in [3.8, 4) is 0 Å². The number of carbonyl (C=O) groups is 1. The summed E-state index contributed by atoms with van der Waals surface area (Å²) in [5.74, 6) is 0.685. The average molecular weight is 284 g/mol. The fraction of sp³-hybridized carbons (Fsp3) is 0.933. The number of nitrogens with zero attached hydrogens (tertiary/aromatic N) is 1. The number of ether oxygens (including phenoxy) is 2. The van der Waals surface area contributed by atoms with Gasteiger partial charge in [0, 0.05) is 25.7 Å². The molecule has 5 nitrogen and oxygen atoms in total. The molecule has 2 heterocycles. The van der Waals surface area contributed by atoms with Crippen molar-refractivity contribution in [2.75, 3.05) is 32.9 Å². The topological polar surface area (TPSA) is 64.8 Å². The van der Waals surface area contributed by atoms with E-state index >= 15 is 0 Å². The number of likely N-dealkylation sites (tertiary alicyclic amines) is 1. The van der Waals surface area contributed by atoms with Crippen LogP contribution < -0.4 is 5.73 Å². The number of hydrogen-bond acceptors (Lipinski definition) is 4. The standard InChI is InChI=1S/C15H28N2O3/c1-12-4-2-7-17(14(12)10-16)15(18)6-9-19-11-13-5-3-8-20-13/h12-14H,2-11,16H2,1H3. The van der Waals surface area contributed by atoms with Crippen LogP contribution in [0.15, 0.2) is 0 Å². The van der Waals surface area contributed by atoms with E-state index in [0.717, 1.165) is 32.4 Å². The van der Waals surface area contributed by atoms with Gasteiger partial charge in [0.05, 0.1) is 25.7 Å². The maximum absolute atomic E-state index is 12.3. The van der Waals surface area contributed by atoms with Gasteiger partial charge < -0.3 is 20.1 Å². The highest BCUT2D eigenvalue weighted by molar-refractivity contribution is 5.76. The van der Waals surface area contributed by atoms with Crippen molar-refractivity contribution >= 4 is 5.91 Å². The molecule has 0 radical (unpaired) electrons. The van der Waals surface area contributed by atoms with Crippen LogP contribution in [-0.4, -0.2) is 55.9 Å². The van der Waals surface area contributed by atoms with Gasteiger partial charge >= 0.3 is 0 Å². The van der Waals surface area contributed by atoms with Crippen LogP contribution in [0.25, 0.3) is 0 Å². The van der Waals surface area contributed by atoms with E-state index in [2.05, 4.69) is 6.92 Å². The molecular weight excluding hydrogens is 256 g/mol. The highest BCUT2D eigenvalue weighted by atomic mass is 16.5. The normalized spacial score (nSPS) is 30.7. The molecule has 0 bridgehead atoms. The molecule has 2 rings (SSSR count). The SMILES string of the molecule is CC1CCCN(C(=O)CCOCC2CCCO2)C1CN. The second-order valence-corrected chi connectivity index (χ2v) is 5.97. The zero-order valence-corrected chi connectivity index (χ0v) is 12.6. The number of carbonyl (C=O) groups excluding carboxylic acids is 1. The molecule has 2 fully saturated rings. The summed E-state index contributed by atoms with van der Waals surface area (Å²) in [5.41, 5.74) is 5.82. The van der Waals surface area contributed by atoms with Gasteiger partial charge in [-0.1, -0.05) is 6.92 Å². The Morgan fingerprint density at radius 3 is 2.95 bits per heavy atom. The van der Waals surface area contributed by atoms with Crippen LogP contribution in [0.3, 0.4) is 0 Å². The van der Waals surface area contributed by atoms with E-state index in [0.29, 0.717) is 32.1 Å². The van der Waals surface area contributed by atoms with Crippen molar-refractivity contribution in [1.82, 2.24) is 4.90 Å². The molecular formula is C15H28N2O3. The van der Waals surface area contributed by atoms with Crippen LogP contribution in [0.4, 0.5) is 0 Å². The van der Waals surface area contributed by atoms with Gasteiger partial charge in [0.15, 0.2) is 0 Å². The quantitative estimate of drug-likeness (QED) is 0.743. The highest BCUT2D eigenvalue weighted by Gasteiger charge is 2.30. The third kappa shape index (κ3) is 4.17. The molecule has 0 aromatic carbocycles. The number of nitrogens with two attached hydrogens (primary N) is 1. The summed E-state index contributed by atoms with van der Waals surface area (Å²) >= 11 is 0. The first-order valence-corrected chi connectivity index (χ1v) is 7.91. The van der Waals surface area contributed by atoms with Crippen molar-refractivity contribution in [2.24, 2.45) is 11.7 Å². The number of piperidine rings is 1. The summed E-state index contributed by atoms with van der Waals surface area (Å²) < 4.78 is 11.1. The number of hydrogen-bond donors (Lipinski definition) is 1. The highest BCUT2D eigenvalue weighted by Crippen LogP contribution is 2.23. The average Bonchev–Trinajstić information content (AvgIpc) is 2.96. The zero-order valence-electron chi connectivity index (χ0n) is 12.6. The molecule has 0 aromatic heterocycles. The zero-order chi connectivity index (χ0) is 14.4. The Morgan fingerprint density at radius 2 is 2.25 bits per heavy atom. The molecule has 5 heteroatoms. The Morgan fingerprint density at radius 1 is 1.40 bits per heavy atom. The second kappa shape index (κ2) is 7.96. The fourth-order valence-electron chi connectivity index (χ4n) is 3.21. The Kier molecular flexibility index (Phi) is 6.26. The predicted molar refractivity (Wildman–Crippen MR) is 77.4 cm³/mol.